The molecule has 0 radical (unpaired) electrons. The fraction of sp³-hybridized carbons (Fsp3) is 0. The predicted molar refractivity (Wildman–Crippen MR) is 39.9 cm³/mol. The number of hydrogen-bond donors (Lipinski definition) is 5. The van der Waals surface area contributed by atoms with Gasteiger partial charge < -0.3 is 45.2 Å². The van der Waals surface area contributed by atoms with E-state index in [4.69, 9.17) is 45.2 Å². The fourth-order valence-corrected chi connectivity index (χ4v) is 0. The second kappa shape index (κ2) is 25.0. The molecule has 14 heteroatoms. The average molecular weight is 456 g/mol. The van der Waals surface area contributed by atoms with Crippen molar-refractivity contribution in [3.63, 3.8) is 0 Å². The van der Waals surface area contributed by atoms with Gasteiger partial charge in [-0.2, -0.15) is 0 Å². The maximum Gasteiger partial charge on any atom is 2.00 e. The maximum atomic E-state index is 8.64. The Labute approximate surface area is 161 Å². The van der Waals surface area contributed by atoms with Crippen molar-refractivity contribution in [2.45, 2.75) is 0 Å². The molecule has 0 aliphatic carbocycles. The van der Waals surface area contributed by atoms with Gasteiger partial charge in [-0.1, -0.05) is 0 Å². The van der Waals surface area contributed by atoms with Crippen LogP contribution in [0.15, 0.2) is 0 Å². The van der Waals surface area contributed by atoms with E-state index in [9.17, 15) is 0 Å². The summed E-state index contributed by atoms with van der Waals surface area (Å²) in [4.78, 5) is 0. The fourth-order valence-electron chi connectivity index (χ4n) is 0. The van der Waals surface area contributed by atoms with Crippen LogP contribution in [-0.2, 0) is 0 Å². The van der Waals surface area contributed by atoms with Crippen molar-refractivity contribution in [1.29, 1.82) is 0 Å². The molecule has 0 bridgehead atoms. The zero-order valence-electron chi connectivity index (χ0n) is 7.02. The number of hydrogen-bond acceptors (Lipinski definition) is 9. The van der Waals surface area contributed by atoms with Crippen molar-refractivity contribution in [2.75, 3.05) is 0 Å². The first-order valence-corrected chi connectivity index (χ1v) is 2.23. The van der Waals surface area contributed by atoms with E-state index in [0.29, 0.717) is 0 Å². The molecule has 0 atom stereocenters. The molecule has 9 nitrogen and oxygen atoms in total. The van der Waals surface area contributed by atoms with Gasteiger partial charge >= 0.3 is 112 Å². The Morgan fingerprint density at radius 1 is 0.643 bits per heavy atom. The van der Waals surface area contributed by atoms with Gasteiger partial charge in [0.15, 0.2) is 0 Å². The van der Waals surface area contributed by atoms with E-state index in [-0.39, 0.29) is 97.8 Å². The normalized spacial score (nSPS) is 5.79. The van der Waals surface area contributed by atoms with Gasteiger partial charge in [-0.15, -0.1) is 0 Å². The second-order valence-electron chi connectivity index (χ2n) is 0.961. The van der Waals surface area contributed by atoms with Crippen LogP contribution in [-0.4, -0.2) is 145 Å². The molecule has 0 aliphatic rings. The molecule has 0 unspecified atom stereocenters. The zero-order valence-corrected chi connectivity index (χ0v) is 15.9. The van der Waals surface area contributed by atoms with Crippen molar-refractivity contribution in [2.24, 2.45) is 0 Å². The maximum absolute atomic E-state index is 8.64. The molecule has 0 aromatic carbocycles. The molecule has 0 fully saturated rings. The summed E-state index contributed by atoms with van der Waals surface area (Å²) in [5.74, 6) is 0. The van der Waals surface area contributed by atoms with Gasteiger partial charge in [-0.25, -0.2) is 0 Å². The third kappa shape index (κ3) is 330. The van der Waals surface area contributed by atoms with E-state index in [1.807, 2.05) is 0 Å². The van der Waals surface area contributed by atoms with Crippen LogP contribution in [0.1, 0.15) is 0 Å². The van der Waals surface area contributed by atoms with Crippen LogP contribution in [0, 0.1) is 0 Å². The van der Waals surface area contributed by atoms with Gasteiger partial charge in [0, 0.05) is 0 Å². The van der Waals surface area contributed by atoms with Crippen LogP contribution in [0.3, 0.4) is 0 Å². The van der Waals surface area contributed by atoms with Crippen molar-refractivity contribution in [3.8, 4) is 0 Å². The average Bonchev–Trinajstić information content (AvgIpc) is 1.54. The molecule has 0 aliphatic heterocycles. The molecule has 0 saturated heterocycles. The monoisotopic (exact) mass is 458 g/mol. The van der Waals surface area contributed by atoms with Crippen LogP contribution in [0.4, 0.5) is 0 Å². The molecule has 0 rings (SSSR count). The van der Waals surface area contributed by atoms with Crippen LogP contribution in [0.25, 0.3) is 0 Å². The molecule has 14 heavy (non-hydrogen) atoms. The van der Waals surface area contributed by atoms with E-state index in [2.05, 4.69) is 0 Å². The first-order chi connectivity index (χ1) is 5.20. The van der Waals surface area contributed by atoms with Gasteiger partial charge in [0.1, 0.15) is 0 Å². The second-order valence-corrected chi connectivity index (χ2v) is 0.961. The van der Waals surface area contributed by atoms with Gasteiger partial charge in [0.2, 0.25) is 0 Å². The van der Waals surface area contributed by atoms with Crippen molar-refractivity contribution in [3.05, 3.63) is 0 Å². The largest absolute Gasteiger partial charge is 2.00 e. The summed E-state index contributed by atoms with van der Waals surface area (Å²) in [6, 6.07) is 0. The van der Waals surface area contributed by atoms with E-state index < -0.39 is 22.0 Å². The van der Waals surface area contributed by atoms with E-state index >= 15 is 0 Å². The van der Waals surface area contributed by atoms with Crippen molar-refractivity contribution < 1.29 is 45.2 Å². The Bertz CT molecular complexity index is 46.5. The Morgan fingerprint density at radius 2 is 0.643 bits per heavy atom. The van der Waals surface area contributed by atoms with Crippen molar-refractivity contribution >= 4 is 120 Å². The number of rotatable bonds is 0. The third-order valence-corrected chi connectivity index (χ3v) is 0. The summed E-state index contributed by atoms with van der Waals surface area (Å²) < 4.78 is 0. The SMILES string of the molecule is OB(O)O.[Ba+2].[Ba+2].[O-]B(O)O.[O-]B([O-])[O-]. The van der Waals surface area contributed by atoms with E-state index in [0.717, 1.165) is 0 Å². The molecule has 0 heterocycles. The first kappa shape index (κ1) is 30.2. The van der Waals surface area contributed by atoms with E-state index in [1.54, 1.807) is 0 Å². The van der Waals surface area contributed by atoms with Crippen LogP contribution in [0.5, 0.6) is 0 Å². The van der Waals surface area contributed by atoms with Crippen LogP contribution >= 0.6 is 0 Å². The Morgan fingerprint density at radius 3 is 0.643 bits per heavy atom. The van der Waals surface area contributed by atoms with Crippen LogP contribution < -0.4 is 20.1 Å². The molecular formula is H5B3Ba2O9. The minimum absolute atomic E-state index is 0. The molecule has 0 spiro atoms. The molecule has 5 N–H and O–H groups in total. The molecular weight excluding hydrogens is 451 g/mol. The Hall–Kier alpha value is 2.98. The summed E-state index contributed by atoms with van der Waals surface area (Å²) in [5, 5.41) is 69.5. The minimum atomic E-state index is -2.92. The summed E-state index contributed by atoms with van der Waals surface area (Å²) in [6.45, 7) is 0. The van der Waals surface area contributed by atoms with Gasteiger partial charge in [-0.3, -0.25) is 7.32 Å². The molecule has 0 aromatic rings. The predicted octanol–water partition coefficient (Wildman–Crippen LogP) is -9.44. The topological polar surface area (TPSA) is 193 Å². The standard InChI is InChI=1S/BH3O3.BH2O3.BO3.2Ba/c3*2-1(3)4;;/h2-4H;2-3H;;;/q;-1;-3;2*+2. The Kier molecular flexibility index (Phi) is 53.9. The summed E-state index contributed by atoms with van der Waals surface area (Å²) in [5.41, 5.74) is 0. The smallest absolute Gasteiger partial charge is 0.907 e. The molecule has 0 aromatic heterocycles. The quantitative estimate of drug-likeness (QED) is 0.220. The van der Waals surface area contributed by atoms with Gasteiger partial charge in [-0.05, 0) is 0 Å². The third-order valence-electron chi connectivity index (χ3n) is 0. The molecule has 0 amide bonds. The van der Waals surface area contributed by atoms with Crippen LogP contribution in [0.2, 0.25) is 0 Å². The Balaban J connectivity index is -0.0000000270. The summed E-state index contributed by atoms with van der Waals surface area (Å²) in [7, 11) is -7.50. The summed E-state index contributed by atoms with van der Waals surface area (Å²) in [6.07, 6.45) is 0. The molecule has 72 valence electrons. The van der Waals surface area contributed by atoms with Gasteiger partial charge in [0.05, 0.1) is 0 Å². The van der Waals surface area contributed by atoms with Gasteiger partial charge in [0.25, 0.3) is 0 Å². The zero-order chi connectivity index (χ0) is 10.7. The summed E-state index contributed by atoms with van der Waals surface area (Å²) >= 11 is 0. The molecule has 0 saturated carbocycles. The minimum Gasteiger partial charge on any atom is -0.907 e. The first-order valence-electron chi connectivity index (χ1n) is 2.23. The van der Waals surface area contributed by atoms with Crippen molar-refractivity contribution in [1.82, 2.24) is 0 Å². The van der Waals surface area contributed by atoms with E-state index in [1.165, 1.54) is 0 Å².